The van der Waals surface area contributed by atoms with Gasteiger partial charge in [-0.3, -0.25) is 4.79 Å². The molecule has 132 valence electrons. The minimum absolute atomic E-state index is 0.143. The molecule has 0 radical (unpaired) electrons. The van der Waals surface area contributed by atoms with Gasteiger partial charge < -0.3 is 9.64 Å². The number of rotatable bonds is 4. The zero-order valence-electron chi connectivity index (χ0n) is 14.0. The van der Waals surface area contributed by atoms with Gasteiger partial charge in [-0.1, -0.05) is 35.3 Å². The van der Waals surface area contributed by atoms with Crippen LogP contribution in [-0.4, -0.2) is 36.0 Å². The van der Waals surface area contributed by atoms with Crippen LogP contribution in [-0.2, 0) is 6.42 Å². The number of likely N-dealkylation sites (tertiary alicyclic amines) is 1. The van der Waals surface area contributed by atoms with Crippen LogP contribution in [0.1, 0.15) is 28.9 Å². The summed E-state index contributed by atoms with van der Waals surface area (Å²) in [5.41, 5.74) is 1.54. The molecular weight excluding hydrogens is 359 g/mol. The molecule has 4 nitrogen and oxygen atoms in total. The van der Waals surface area contributed by atoms with E-state index in [-0.39, 0.29) is 16.8 Å². The molecule has 0 aliphatic carbocycles. The fourth-order valence-electron chi connectivity index (χ4n) is 3.15. The summed E-state index contributed by atoms with van der Waals surface area (Å²) >= 11 is 12.0. The summed E-state index contributed by atoms with van der Waals surface area (Å²) in [6.45, 7) is 1.42. The van der Waals surface area contributed by atoms with Crippen LogP contribution in [0.15, 0.2) is 36.4 Å². The number of hydrogen-bond acceptors (Lipinski definition) is 3. The molecular formula is C19H20Cl2N2O2. The molecule has 0 N–H and O–H groups in total. The van der Waals surface area contributed by atoms with E-state index in [9.17, 15) is 4.79 Å². The van der Waals surface area contributed by atoms with Crippen LogP contribution < -0.4 is 4.74 Å². The van der Waals surface area contributed by atoms with Crippen molar-refractivity contribution in [1.29, 1.82) is 0 Å². The fourth-order valence-corrected chi connectivity index (χ4v) is 3.49. The molecule has 1 saturated heterocycles. The number of hydrogen-bond donors (Lipinski definition) is 0. The van der Waals surface area contributed by atoms with Gasteiger partial charge in [0.05, 0.1) is 12.1 Å². The first kappa shape index (κ1) is 18.0. The van der Waals surface area contributed by atoms with E-state index in [1.54, 1.807) is 19.2 Å². The van der Waals surface area contributed by atoms with E-state index >= 15 is 0 Å². The van der Waals surface area contributed by atoms with Crippen LogP contribution >= 0.6 is 23.2 Å². The summed E-state index contributed by atoms with van der Waals surface area (Å²) in [6, 6.07) is 11.4. The Balaban J connectivity index is 1.57. The van der Waals surface area contributed by atoms with E-state index in [4.69, 9.17) is 27.9 Å². The lowest BCUT2D eigenvalue weighted by Crippen LogP contribution is -2.39. The molecule has 6 heteroatoms. The van der Waals surface area contributed by atoms with Crippen molar-refractivity contribution in [1.82, 2.24) is 9.88 Å². The summed E-state index contributed by atoms with van der Waals surface area (Å²) in [5, 5.41) is 0.622. The standard InChI is InChI=1S/C19H20Cl2N2O2/c1-25-15-4-2-13(3-5-15)12-14-8-10-23(11-9-14)19(24)18-16(20)6-7-17(21)22-18/h2-7,14H,8-12H2,1H3. The number of nitrogens with zero attached hydrogens (tertiary/aromatic N) is 2. The van der Waals surface area contributed by atoms with Crippen molar-refractivity contribution in [3.05, 3.63) is 57.8 Å². The minimum atomic E-state index is -0.143. The lowest BCUT2D eigenvalue weighted by atomic mass is 9.90. The molecule has 25 heavy (non-hydrogen) atoms. The number of halogens is 2. The van der Waals surface area contributed by atoms with Gasteiger partial charge in [0.2, 0.25) is 0 Å². The maximum Gasteiger partial charge on any atom is 0.274 e. The molecule has 1 aliphatic heterocycles. The van der Waals surface area contributed by atoms with E-state index < -0.39 is 0 Å². The molecule has 2 aromatic rings. The Hall–Kier alpha value is -1.78. The number of methoxy groups -OCH3 is 1. The quantitative estimate of drug-likeness (QED) is 0.735. The molecule has 0 unspecified atom stereocenters. The number of aromatic nitrogens is 1. The summed E-state index contributed by atoms with van der Waals surface area (Å²) < 4.78 is 5.19. The van der Waals surface area contributed by atoms with Crippen molar-refractivity contribution >= 4 is 29.1 Å². The van der Waals surface area contributed by atoms with Crippen LogP contribution in [0.3, 0.4) is 0 Å². The van der Waals surface area contributed by atoms with Gasteiger partial charge >= 0.3 is 0 Å². The Morgan fingerprint density at radius 3 is 2.48 bits per heavy atom. The van der Waals surface area contributed by atoms with E-state index in [2.05, 4.69) is 17.1 Å². The largest absolute Gasteiger partial charge is 0.497 e. The molecule has 2 heterocycles. The third-order valence-electron chi connectivity index (χ3n) is 4.60. The number of benzene rings is 1. The highest BCUT2D eigenvalue weighted by atomic mass is 35.5. The second-order valence-corrected chi connectivity index (χ2v) is 7.05. The highest BCUT2D eigenvalue weighted by Crippen LogP contribution is 2.25. The molecule has 1 amide bonds. The van der Waals surface area contributed by atoms with Gasteiger partial charge in [-0.2, -0.15) is 0 Å². The highest BCUT2D eigenvalue weighted by Gasteiger charge is 2.26. The molecule has 0 atom stereocenters. The van der Waals surface area contributed by atoms with Crippen molar-refractivity contribution in [3.63, 3.8) is 0 Å². The molecule has 1 aromatic carbocycles. The van der Waals surface area contributed by atoms with Crippen molar-refractivity contribution in [3.8, 4) is 5.75 Å². The summed E-state index contributed by atoms with van der Waals surface area (Å²) in [7, 11) is 1.67. The average Bonchev–Trinajstić information content (AvgIpc) is 2.64. The Morgan fingerprint density at radius 2 is 1.84 bits per heavy atom. The second-order valence-electron chi connectivity index (χ2n) is 6.25. The Kier molecular flexibility index (Phi) is 5.82. The summed E-state index contributed by atoms with van der Waals surface area (Å²) in [6.07, 6.45) is 2.95. The first-order valence-corrected chi connectivity index (χ1v) is 9.06. The van der Waals surface area contributed by atoms with Crippen molar-refractivity contribution in [2.75, 3.05) is 20.2 Å². The van der Waals surface area contributed by atoms with Crippen LogP contribution in [0, 0.1) is 5.92 Å². The highest BCUT2D eigenvalue weighted by molar-refractivity contribution is 6.34. The zero-order valence-corrected chi connectivity index (χ0v) is 15.6. The van der Waals surface area contributed by atoms with E-state index in [1.807, 2.05) is 17.0 Å². The number of carbonyl (C=O) groups excluding carboxylic acids is 1. The van der Waals surface area contributed by atoms with Crippen LogP contribution in [0.4, 0.5) is 0 Å². The fraction of sp³-hybridized carbons (Fsp3) is 0.368. The minimum Gasteiger partial charge on any atom is -0.497 e. The third-order valence-corrected chi connectivity index (χ3v) is 5.12. The van der Waals surface area contributed by atoms with Crippen molar-refractivity contribution in [2.24, 2.45) is 5.92 Å². The summed E-state index contributed by atoms with van der Waals surface area (Å²) in [4.78, 5) is 18.5. The lowest BCUT2D eigenvalue weighted by Gasteiger charge is -2.32. The van der Waals surface area contributed by atoms with E-state index in [1.165, 1.54) is 5.56 Å². The zero-order chi connectivity index (χ0) is 17.8. The number of amides is 1. The lowest BCUT2D eigenvalue weighted by molar-refractivity contribution is 0.0685. The van der Waals surface area contributed by atoms with Gasteiger partial charge in [-0.15, -0.1) is 0 Å². The molecule has 1 fully saturated rings. The van der Waals surface area contributed by atoms with Gasteiger partial charge in [0.15, 0.2) is 0 Å². The molecule has 1 aliphatic rings. The molecule has 0 spiro atoms. The predicted octanol–water partition coefficient (Wildman–Crippen LogP) is 4.49. The summed E-state index contributed by atoms with van der Waals surface area (Å²) in [5.74, 6) is 1.30. The normalized spacial score (nSPS) is 15.2. The third kappa shape index (κ3) is 4.44. The SMILES string of the molecule is COc1ccc(CC2CCN(C(=O)c3nc(Cl)ccc3Cl)CC2)cc1. The van der Waals surface area contributed by atoms with Gasteiger partial charge in [0.1, 0.15) is 16.6 Å². The predicted molar refractivity (Wildman–Crippen MR) is 99.6 cm³/mol. The smallest absolute Gasteiger partial charge is 0.274 e. The maximum atomic E-state index is 12.6. The Bertz CT molecular complexity index is 742. The van der Waals surface area contributed by atoms with Gasteiger partial charge in [0, 0.05) is 13.1 Å². The average molecular weight is 379 g/mol. The Labute approximate surface area is 157 Å². The molecule has 1 aromatic heterocycles. The number of ether oxygens (including phenoxy) is 1. The van der Waals surface area contributed by atoms with Crippen molar-refractivity contribution < 1.29 is 9.53 Å². The first-order valence-electron chi connectivity index (χ1n) is 8.31. The van der Waals surface area contributed by atoms with Crippen LogP contribution in [0.2, 0.25) is 10.2 Å². The maximum absolute atomic E-state index is 12.6. The molecule has 0 bridgehead atoms. The number of piperidine rings is 1. The van der Waals surface area contributed by atoms with Gasteiger partial charge in [0.25, 0.3) is 5.91 Å². The van der Waals surface area contributed by atoms with Gasteiger partial charge in [-0.25, -0.2) is 4.98 Å². The topological polar surface area (TPSA) is 42.4 Å². The van der Waals surface area contributed by atoms with Crippen LogP contribution in [0.25, 0.3) is 0 Å². The monoisotopic (exact) mass is 378 g/mol. The van der Waals surface area contributed by atoms with Crippen molar-refractivity contribution in [2.45, 2.75) is 19.3 Å². The molecule has 0 saturated carbocycles. The Morgan fingerprint density at radius 1 is 1.16 bits per heavy atom. The number of carbonyl (C=O) groups is 1. The second kappa shape index (κ2) is 8.07. The number of pyridine rings is 1. The molecule has 3 rings (SSSR count). The van der Waals surface area contributed by atoms with E-state index in [0.717, 1.165) is 25.0 Å². The first-order chi connectivity index (χ1) is 12.1. The van der Waals surface area contributed by atoms with Crippen LogP contribution in [0.5, 0.6) is 5.75 Å². The van der Waals surface area contributed by atoms with E-state index in [0.29, 0.717) is 24.0 Å². The van der Waals surface area contributed by atoms with Gasteiger partial charge in [-0.05, 0) is 55.0 Å².